The Hall–Kier alpha value is -0.930. The van der Waals surface area contributed by atoms with Gasteiger partial charge < -0.3 is 0 Å². The number of nitrogens with zero attached hydrogens (tertiary/aromatic N) is 3. The average molecular weight is 167 g/mol. The molecule has 1 aromatic rings. The first-order valence-corrected chi connectivity index (χ1v) is 4.41. The van der Waals surface area contributed by atoms with Crippen LogP contribution in [0.15, 0.2) is 0 Å². The Morgan fingerprint density at radius 1 is 1.58 bits per heavy atom. The number of aromatic nitrogens is 4. The number of nitrogens with one attached hydrogen (secondary N) is 1. The van der Waals surface area contributed by atoms with Crippen LogP contribution in [0.5, 0.6) is 0 Å². The molecule has 0 amide bonds. The van der Waals surface area contributed by atoms with Gasteiger partial charge in [0.2, 0.25) is 0 Å². The number of hydrogen-bond donors (Lipinski definition) is 1. The summed E-state index contributed by atoms with van der Waals surface area (Å²) in [4.78, 5) is 0. The first-order valence-electron chi connectivity index (χ1n) is 4.41. The standard InChI is InChI=1S/C8H15N4/c1-3-5-6-7(4-2)8-9-11-12-10-8/h7H,1,3-6H2,2H3,(H,9,10,11,12). The molecular formula is C8H15N4. The van der Waals surface area contributed by atoms with Gasteiger partial charge in [-0.3, -0.25) is 0 Å². The maximum absolute atomic E-state index is 3.90. The Morgan fingerprint density at radius 2 is 2.42 bits per heavy atom. The van der Waals surface area contributed by atoms with Crippen LogP contribution in [0.2, 0.25) is 0 Å². The van der Waals surface area contributed by atoms with Gasteiger partial charge in [-0.15, -0.1) is 5.10 Å². The van der Waals surface area contributed by atoms with E-state index in [-0.39, 0.29) is 0 Å². The molecule has 0 spiro atoms. The molecule has 1 heterocycles. The van der Waals surface area contributed by atoms with E-state index in [1.165, 1.54) is 0 Å². The summed E-state index contributed by atoms with van der Waals surface area (Å²) in [5, 5.41) is 13.8. The molecule has 0 aliphatic heterocycles. The number of H-pyrrole nitrogens is 1. The zero-order chi connectivity index (χ0) is 8.81. The lowest BCUT2D eigenvalue weighted by Crippen LogP contribution is -1.99. The number of rotatable bonds is 5. The second-order valence-electron chi connectivity index (χ2n) is 2.89. The van der Waals surface area contributed by atoms with Gasteiger partial charge in [-0.05, 0) is 23.3 Å². The monoisotopic (exact) mass is 167 g/mol. The van der Waals surface area contributed by atoms with E-state index in [9.17, 15) is 0 Å². The van der Waals surface area contributed by atoms with E-state index >= 15 is 0 Å². The van der Waals surface area contributed by atoms with Crippen LogP contribution in [0, 0.1) is 6.92 Å². The van der Waals surface area contributed by atoms with E-state index in [0.717, 1.165) is 31.5 Å². The minimum absolute atomic E-state index is 0.474. The molecule has 0 saturated carbocycles. The Bertz CT molecular complexity index is 195. The minimum Gasteiger partial charge on any atom is -0.243 e. The van der Waals surface area contributed by atoms with E-state index in [2.05, 4.69) is 34.5 Å². The molecule has 12 heavy (non-hydrogen) atoms. The molecule has 0 aromatic carbocycles. The summed E-state index contributed by atoms with van der Waals surface area (Å²) >= 11 is 0. The highest BCUT2D eigenvalue weighted by molar-refractivity contribution is 4.89. The van der Waals surface area contributed by atoms with Crippen molar-refractivity contribution in [2.75, 3.05) is 0 Å². The second kappa shape index (κ2) is 4.85. The second-order valence-corrected chi connectivity index (χ2v) is 2.89. The molecule has 1 atom stereocenters. The molecular weight excluding hydrogens is 152 g/mol. The molecule has 1 aromatic heterocycles. The summed E-state index contributed by atoms with van der Waals surface area (Å²) in [6, 6.07) is 0. The van der Waals surface area contributed by atoms with Crippen molar-refractivity contribution in [2.24, 2.45) is 0 Å². The van der Waals surface area contributed by atoms with Gasteiger partial charge >= 0.3 is 0 Å². The third kappa shape index (κ3) is 2.29. The van der Waals surface area contributed by atoms with E-state index < -0.39 is 0 Å². The molecule has 0 fully saturated rings. The van der Waals surface area contributed by atoms with Crippen LogP contribution in [-0.2, 0) is 0 Å². The highest BCUT2D eigenvalue weighted by Gasteiger charge is 2.11. The molecule has 0 saturated heterocycles. The van der Waals surface area contributed by atoms with Crippen LogP contribution in [-0.4, -0.2) is 20.6 Å². The van der Waals surface area contributed by atoms with Crippen molar-refractivity contribution in [2.45, 2.75) is 38.5 Å². The van der Waals surface area contributed by atoms with Gasteiger partial charge in [0.1, 0.15) is 0 Å². The maximum atomic E-state index is 3.90. The molecule has 4 nitrogen and oxygen atoms in total. The summed E-state index contributed by atoms with van der Waals surface area (Å²) in [5.41, 5.74) is 0. The molecule has 0 aliphatic rings. The maximum Gasteiger partial charge on any atom is 0.151 e. The zero-order valence-electron chi connectivity index (χ0n) is 7.45. The molecule has 1 radical (unpaired) electrons. The predicted molar refractivity (Wildman–Crippen MR) is 46.4 cm³/mol. The summed E-state index contributed by atoms with van der Waals surface area (Å²) in [6.45, 7) is 5.96. The first-order chi connectivity index (χ1) is 5.88. The molecule has 1 unspecified atom stereocenters. The van der Waals surface area contributed by atoms with Crippen LogP contribution in [0.1, 0.15) is 44.3 Å². The lowest BCUT2D eigenvalue weighted by Gasteiger charge is -2.08. The lowest BCUT2D eigenvalue weighted by molar-refractivity contribution is 0.551. The first kappa shape index (κ1) is 9.16. The van der Waals surface area contributed by atoms with Gasteiger partial charge in [0.25, 0.3) is 0 Å². The van der Waals surface area contributed by atoms with E-state index in [1.54, 1.807) is 0 Å². The van der Waals surface area contributed by atoms with Crippen LogP contribution >= 0.6 is 0 Å². The lowest BCUT2D eigenvalue weighted by atomic mass is 9.99. The van der Waals surface area contributed by atoms with Crippen molar-refractivity contribution >= 4 is 0 Å². The molecule has 1 rings (SSSR count). The Balaban J connectivity index is 2.45. The summed E-state index contributed by atoms with van der Waals surface area (Å²) in [7, 11) is 0. The summed E-state index contributed by atoms with van der Waals surface area (Å²) in [5.74, 6) is 1.38. The third-order valence-electron chi connectivity index (χ3n) is 2.04. The van der Waals surface area contributed by atoms with Gasteiger partial charge in [0.15, 0.2) is 5.82 Å². The third-order valence-corrected chi connectivity index (χ3v) is 2.04. The fraction of sp³-hybridized carbons (Fsp3) is 0.750. The molecule has 67 valence electrons. The predicted octanol–water partition coefficient (Wildman–Crippen LogP) is 1.70. The number of unbranched alkanes of at least 4 members (excludes halogenated alkanes) is 1. The van der Waals surface area contributed by atoms with Crippen molar-refractivity contribution < 1.29 is 0 Å². The van der Waals surface area contributed by atoms with Gasteiger partial charge in [0.05, 0.1) is 0 Å². The highest BCUT2D eigenvalue weighted by Crippen LogP contribution is 2.20. The van der Waals surface area contributed by atoms with Crippen molar-refractivity contribution in [1.82, 2.24) is 20.6 Å². The highest BCUT2D eigenvalue weighted by atomic mass is 15.5. The van der Waals surface area contributed by atoms with Crippen molar-refractivity contribution in [3.63, 3.8) is 0 Å². The molecule has 4 heteroatoms. The zero-order valence-corrected chi connectivity index (χ0v) is 7.45. The normalized spacial score (nSPS) is 13.2. The summed E-state index contributed by atoms with van der Waals surface area (Å²) < 4.78 is 0. The summed E-state index contributed by atoms with van der Waals surface area (Å²) in [6.07, 6.45) is 4.32. The Morgan fingerprint density at radius 3 is 2.92 bits per heavy atom. The number of tetrazole rings is 1. The average Bonchev–Trinajstić information content (AvgIpc) is 2.59. The quantitative estimate of drug-likeness (QED) is 0.726. The topological polar surface area (TPSA) is 54.5 Å². The van der Waals surface area contributed by atoms with Crippen molar-refractivity contribution in [3.05, 3.63) is 12.7 Å². The Labute approximate surface area is 72.8 Å². The van der Waals surface area contributed by atoms with Crippen LogP contribution < -0.4 is 0 Å². The molecule has 0 aliphatic carbocycles. The van der Waals surface area contributed by atoms with Crippen LogP contribution in [0.4, 0.5) is 0 Å². The fourth-order valence-corrected chi connectivity index (χ4v) is 1.26. The number of hydrogen-bond acceptors (Lipinski definition) is 3. The van der Waals surface area contributed by atoms with Gasteiger partial charge in [-0.1, -0.05) is 26.7 Å². The van der Waals surface area contributed by atoms with Crippen molar-refractivity contribution in [3.8, 4) is 0 Å². The Kier molecular flexibility index (Phi) is 3.70. The van der Waals surface area contributed by atoms with E-state index in [4.69, 9.17) is 0 Å². The van der Waals surface area contributed by atoms with Gasteiger partial charge in [-0.25, -0.2) is 5.10 Å². The molecule has 0 bridgehead atoms. The SMILES string of the molecule is [CH2]CCCC(CC)c1nnn[nH]1. The fourth-order valence-electron chi connectivity index (χ4n) is 1.26. The largest absolute Gasteiger partial charge is 0.243 e. The van der Waals surface area contributed by atoms with E-state index in [1.807, 2.05) is 0 Å². The smallest absolute Gasteiger partial charge is 0.151 e. The minimum atomic E-state index is 0.474. The van der Waals surface area contributed by atoms with Crippen LogP contribution in [0.3, 0.4) is 0 Å². The van der Waals surface area contributed by atoms with Crippen LogP contribution in [0.25, 0.3) is 0 Å². The van der Waals surface area contributed by atoms with E-state index in [0.29, 0.717) is 5.92 Å². The van der Waals surface area contributed by atoms with Gasteiger partial charge in [-0.2, -0.15) is 0 Å². The van der Waals surface area contributed by atoms with Gasteiger partial charge in [0, 0.05) is 5.92 Å². The molecule has 1 N–H and O–H groups in total. The van der Waals surface area contributed by atoms with Crippen molar-refractivity contribution in [1.29, 1.82) is 0 Å². The number of aromatic amines is 1.